The van der Waals surface area contributed by atoms with E-state index in [4.69, 9.17) is 15.0 Å². The molecule has 144 valence electrons. The average molecular weight is 383 g/mol. The van der Waals surface area contributed by atoms with Gasteiger partial charge in [0.15, 0.2) is 11.3 Å². The largest absolute Gasteiger partial charge is 0.293 e. The predicted octanol–water partition coefficient (Wildman–Crippen LogP) is 4.56. The standard InChI is InChI=1S/C23H21N5O/c1-4-14(2)27-15(3)24-21-19(23(27)29)20-22(28(21)16-10-6-5-7-11-16)26-18-13-9-8-12-17(18)25-20/h5-14H,4H2,1-3H3/t14-/m0/s1. The van der Waals surface area contributed by atoms with Crippen LogP contribution in [0.5, 0.6) is 0 Å². The van der Waals surface area contributed by atoms with Crippen molar-refractivity contribution in [3.63, 3.8) is 0 Å². The van der Waals surface area contributed by atoms with Crippen LogP contribution in [0.1, 0.15) is 32.1 Å². The highest BCUT2D eigenvalue weighted by atomic mass is 16.1. The van der Waals surface area contributed by atoms with Gasteiger partial charge >= 0.3 is 0 Å². The molecule has 2 aromatic carbocycles. The van der Waals surface area contributed by atoms with E-state index in [0.717, 1.165) is 23.1 Å². The molecule has 0 aliphatic rings. The van der Waals surface area contributed by atoms with E-state index in [1.165, 1.54) is 0 Å². The van der Waals surface area contributed by atoms with Gasteiger partial charge in [-0.25, -0.2) is 15.0 Å². The van der Waals surface area contributed by atoms with E-state index in [1.807, 2.05) is 73.0 Å². The quantitative estimate of drug-likeness (QED) is 0.458. The molecule has 0 radical (unpaired) electrons. The molecule has 6 nitrogen and oxygen atoms in total. The maximum absolute atomic E-state index is 13.6. The molecule has 0 spiro atoms. The molecular weight excluding hydrogens is 362 g/mol. The number of hydrogen-bond acceptors (Lipinski definition) is 4. The highest BCUT2D eigenvalue weighted by Crippen LogP contribution is 2.29. The van der Waals surface area contributed by atoms with Crippen LogP contribution >= 0.6 is 0 Å². The molecule has 5 aromatic rings. The molecule has 29 heavy (non-hydrogen) atoms. The van der Waals surface area contributed by atoms with E-state index in [0.29, 0.717) is 28.0 Å². The lowest BCUT2D eigenvalue weighted by molar-refractivity contribution is 0.497. The number of nitrogens with zero attached hydrogens (tertiary/aromatic N) is 5. The van der Waals surface area contributed by atoms with E-state index in [9.17, 15) is 4.79 Å². The highest BCUT2D eigenvalue weighted by molar-refractivity contribution is 6.05. The highest BCUT2D eigenvalue weighted by Gasteiger charge is 2.23. The molecule has 0 bridgehead atoms. The second kappa shape index (κ2) is 6.51. The SMILES string of the molecule is CC[C@H](C)n1c(C)nc2c(c1=O)c1nc3ccccc3nc1n2-c1ccccc1. The smallest absolute Gasteiger partial charge is 0.265 e. The number of para-hydroxylation sites is 3. The third kappa shape index (κ3) is 2.56. The summed E-state index contributed by atoms with van der Waals surface area (Å²) in [7, 11) is 0. The van der Waals surface area contributed by atoms with Crippen molar-refractivity contribution >= 4 is 33.2 Å². The Morgan fingerprint density at radius 3 is 2.24 bits per heavy atom. The lowest BCUT2D eigenvalue weighted by Crippen LogP contribution is -2.26. The van der Waals surface area contributed by atoms with Gasteiger partial charge in [-0.3, -0.25) is 13.9 Å². The summed E-state index contributed by atoms with van der Waals surface area (Å²) in [5, 5.41) is 0.521. The maximum atomic E-state index is 13.6. The van der Waals surface area contributed by atoms with Crippen LogP contribution in [0.15, 0.2) is 59.4 Å². The molecule has 3 aromatic heterocycles. The first-order valence-corrected chi connectivity index (χ1v) is 9.85. The number of aromatic nitrogens is 5. The van der Waals surface area contributed by atoms with Gasteiger partial charge < -0.3 is 0 Å². The van der Waals surface area contributed by atoms with Crippen LogP contribution in [-0.4, -0.2) is 24.1 Å². The number of fused-ring (bicyclic) bond motifs is 4. The summed E-state index contributed by atoms with van der Waals surface area (Å²) >= 11 is 0. The molecule has 0 N–H and O–H groups in total. The van der Waals surface area contributed by atoms with Gasteiger partial charge in [-0.15, -0.1) is 0 Å². The Labute approximate surface area is 167 Å². The summed E-state index contributed by atoms with van der Waals surface area (Å²) in [5.41, 5.74) is 4.24. The zero-order valence-corrected chi connectivity index (χ0v) is 16.6. The fourth-order valence-electron chi connectivity index (χ4n) is 3.93. The Hall–Kier alpha value is -3.54. The van der Waals surface area contributed by atoms with Gasteiger partial charge in [-0.1, -0.05) is 37.3 Å². The molecular formula is C23H21N5O. The van der Waals surface area contributed by atoms with E-state index < -0.39 is 0 Å². The van der Waals surface area contributed by atoms with Gasteiger partial charge in [0.25, 0.3) is 5.56 Å². The van der Waals surface area contributed by atoms with Crippen LogP contribution in [0, 0.1) is 6.92 Å². The van der Waals surface area contributed by atoms with Crippen LogP contribution in [0.3, 0.4) is 0 Å². The summed E-state index contributed by atoms with van der Waals surface area (Å²) in [6.45, 7) is 6.00. The van der Waals surface area contributed by atoms with E-state index in [1.54, 1.807) is 4.57 Å². The first kappa shape index (κ1) is 17.6. The molecule has 0 aliphatic heterocycles. The van der Waals surface area contributed by atoms with E-state index in [2.05, 4.69) is 6.92 Å². The molecule has 0 amide bonds. The lowest BCUT2D eigenvalue weighted by atomic mass is 10.2. The van der Waals surface area contributed by atoms with Crippen LogP contribution in [-0.2, 0) is 0 Å². The third-order valence-corrected chi connectivity index (χ3v) is 5.53. The Balaban J connectivity index is 2.03. The zero-order chi connectivity index (χ0) is 20.1. The van der Waals surface area contributed by atoms with Gasteiger partial charge in [0.1, 0.15) is 16.7 Å². The molecule has 0 unspecified atom stereocenters. The Morgan fingerprint density at radius 1 is 0.897 bits per heavy atom. The summed E-state index contributed by atoms with van der Waals surface area (Å²) in [6.07, 6.45) is 0.847. The number of aryl methyl sites for hydroxylation is 1. The molecule has 0 fully saturated rings. The van der Waals surface area contributed by atoms with Crippen molar-refractivity contribution in [3.05, 3.63) is 70.8 Å². The van der Waals surface area contributed by atoms with Gasteiger partial charge in [0.05, 0.1) is 11.0 Å². The normalized spacial score (nSPS) is 12.8. The van der Waals surface area contributed by atoms with Gasteiger partial charge in [-0.2, -0.15) is 0 Å². The number of hydrogen-bond donors (Lipinski definition) is 0. The van der Waals surface area contributed by atoms with Crippen LogP contribution in [0.4, 0.5) is 0 Å². The number of rotatable bonds is 3. The third-order valence-electron chi connectivity index (χ3n) is 5.53. The molecule has 0 aliphatic carbocycles. The summed E-state index contributed by atoms with van der Waals surface area (Å²) in [6, 6.07) is 17.7. The second-order valence-corrected chi connectivity index (χ2v) is 7.35. The van der Waals surface area contributed by atoms with Crippen molar-refractivity contribution in [1.29, 1.82) is 0 Å². The van der Waals surface area contributed by atoms with Crippen LogP contribution < -0.4 is 5.56 Å². The van der Waals surface area contributed by atoms with E-state index in [-0.39, 0.29) is 11.6 Å². The van der Waals surface area contributed by atoms with Crippen molar-refractivity contribution < 1.29 is 0 Å². The van der Waals surface area contributed by atoms with Crippen molar-refractivity contribution in [2.75, 3.05) is 0 Å². The van der Waals surface area contributed by atoms with Crippen LogP contribution in [0.2, 0.25) is 0 Å². The molecule has 0 saturated heterocycles. The summed E-state index contributed by atoms with van der Waals surface area (Å²) in [4.78, 5) is 28.1. The van der Waals surface area contributed by atoms with Crippen molar-refractivity contribution in [2.45, 2.75) is 33.2 Å². The first-order valence-electron chi connectivity index (χ1n) is 9.85. The minimum absolute atomic E-state index is 0.0583. The first-order chi connectivity index (χ1) is 14.1. The lowest BCUT2D eigenvalue weighted by Gasteiger charge is -2.16. The minimum Gasteiger partial charge on any atom is -0.293 e. The predicted molar refractivity (Wildman–Crippen MR) is 116 cm³/mol. The number of benzene rings is 2. The van der Waals surface area contributed by atoms with Crippen molar-refractivity contribution in [3.8, 4) is 5.69 Å². The van der Waals surface area contributed by atoms with E-state index >= 15 is 0 Å². The molecule has 3 heterocycles. The monoisotopic (exact) mass is 383 g/mol. The summed E-state index contributed by atoms with van der Waals surface area (Å²) < 4.78 is 3.72. The molecule has 0 saturated carbocycles. The summed E-state index contributed by atoms with van der Waals surface area (Å²) in [5.74, 6) is 0.696. The Bertz CT molecular complexity index is 1430. The average Bonchev–Trinajstić information content (AvgIpc) is 3.05. The minimum atomic E-state index is -0.0638. The van der Waals surface area contributed by atoms with Gasteiger partial charge in [0.2, 0.25) is 0 Å². The topological polar surface area (TPSA) is 65.6 Å². The van der Waals surface area contributed by atoms with Gasteiger partial charge in [0, 0.05) is 11.7 Å². The molecule has 5 rings (SSSR count). The Morgan fingerprint density at radius 2 is 1.55 bits per heavy atom. The fourth-order valence-corrected chi connectivity index (χ4v) is 3.93. The zero-order valence-electron chi connectivity index (χ0n) is 16.6. The second-order valence-electron chi connectivity index (χ2n) is 7.35. The van der Waals surface area contributed by atoms with Crippen molar-refractivity contribution in [1.82, 2.24) is 24.1 Å². The van der Waals surface area contributed by atoms with Crippen LogP contribution in [0.25, 0.3) is 38.9 Å². The Kier molecular flexibility index (Phi) is 3.94. The maximum Gasteiger partial charge on any atom is 0.265 e. The fraction of sp³-hybridized carbons (Fsp3) is 0.217. The van der Waals surface area contributed by atoms with Crippen molar-refractivity contribution in [2.24, 2.45) is 0 Å². The molecule has 1 atom stereocenters. The van der Waals surface area contributed by atoms with Gasteiger partial charge in [-0.05, 0) is 44.5 Å². The molecule has 6 heteroatoms.